The number of oxime groups is 1. The normalized spacial score (nSPS) is 17.2. The van der Waals surface area contributed by atoms with E-state index in [-0.39, 0.29) is 11.7 Å². The maximum absolute atomic E-state index is 11.9. The zero-order chi connectivity index (χ0) is 13.0. The van der Waals surface area contributed by atoms with Gasteiger partial charge in [-0.3, -0.25) is 9.78 Å². The molecule has 0 unspecified atom stereocenters. The topological polar surface area (TPSA) is 101 Å². The van der Waals surface area contributed by atoms with Crippen LogP contribution in [0.15, 0.2) is 29.7 Å². The van der Waals surface area contributed by atoms with E-state index >= 15 is 0 Å². The molecule has 0 spiro atoms. The third kappa shape index (κ3) is 2.42. The molecule has 0 bridgehead atoms. The SMILES string of the molecule is N/C(=N/O)C1(C(=O)NCCc2cccnc2)CC1. The molecule has 6 nitrogen and oxygen atoms in total. The first-order valence-electron chi connectivity index (χ1n) is 5.84. The van der Waals surface area contributed by atoms with Gasteiger partial charge in [0, 0.05) is 18.9 Å². The lowest BCUT2D eigenvalue weighted by Crippen LogP contribution is -2.41. The molecule has 2 rings (SSSR count). The Hall–Kier alpha value is -2.11. The van der Waals surface area contributed by atoms with Gasteiger partial charge in [-0.2, -0.15) is 0 Å². The van der Waals surface area contributed by atoms with Crippen LogP contribution in [0.5, 0.6) is 0 Å². The molecule has 1 aromatic rings. The van der Waals surface area contributed by atoms with Gasteiger partial charge in [-0.1, -0.05) is 11.2 Å². The van der Waals surface area contributed by atoms with Crippen LogP contribution in [-0.2, 0) is 11.2 Å². The highest BCUT2D eigenvalue weighted by Gasteiger charge is 2.54. The second kappa shape index (κ2) is 5.03. The number of pyridine rings is 1. The highest BCUT2D eigenvalue weighted by Crippen LogP contribution is 2.45. The van der Waals surface area contributed by atoms with E-state index in [0.29, 0.717) is 25.8 Å². The van der Waals surface area contributed by atoms with Crippen LogP contribution in [-0.4, -0.2) is 28.5 Å². The summed E-state index contributed by atoms with van der Waals surface area (Å²) in [5.74, 6) is -0.164. The molecule has 0 aromatic carbocycles. The molecule has 1 saturated carbocycles. The molecule has 0 aliphatic heterocycles. The Bertz CT molecular complexity index is 454. The quantitative estimate of drug-likeness (QED) is 0.301. The lowest BCUT2D eigenvalue weighted by molar-refractivity contribution is -0.124. The minimum absolute atomic E-state index is 0.00128. The largest absolute Gasteiger partial charge is 0.409 e. The molecule has 0 radical (unpaired) electrons. The summed E-state index contributed by atoms with van der Waals surface area (Å²) in [5.41, 5.74) is 5.81. The Morgan fingerprint density at radius 3 is 2.94 bits per heavy atom. The third-order valence-corrected chi connectivity index (χ3v) is 3.20. The minimum atomic E-state index is -0.774. The predicted molar refractivity (Wildman–Crippen MR) is 66.0 cm³/mol. The molecule has 18 heavy (non-hydrogen) atoms. The number of aromatic nitrogens is 1. The number of hydrogen-bond acceptors (Lipinski definition) is 4. The van der Waals surface area contributed by atoms with E-state index in [4.69, 9.17) is 10.9 Å². The molecule has 1 heterocycles. The highest BCUT2D eigenvalue weighted by molar-refractivity contribution is 6.09. The van der Waals surface area contributed by atoms with Gasteiger partial charge >= 0.3 is 0 Å². The van der Waals surface area contributed by atoms with Gasteiger partial charge in [-0.25, -0.2) is 0 Å². The molecule has 1 aromatic heterocycles. The van der Waals surface area contributed by atoms with Crippen molar-refractivity contribution in [3.05, 3.63) is 30.1 Å². The van der Waals surface area contributed by atoms with E-state index in [1.54, 1.807) is 12.4 Å². The molecule has 4 N–H and O–H groups in total. The summed E-state index contributed by atoms with van der Waals surface area (Å²) >= 11 is 0. The zero-order valence-corrected chi connectivity index (χ0v) is 9.97. The van der Waals surface area contributed by atoms with Crippen molar-refractivity contribution in [3.8, 4) is 0 Å². The number of rotatable bonds is 5. The first-order chi connectivity index (χ1) is 8.69. The number of amidine groups is 1. The lowest BCUT2D eigenvalue weighted by Gasteiger charge is -2.13. The molecule has 1 aliphatic carbocycles. The van der Waals surface area contributed by atoms with Crippen LogP contribution in [0.4, 0.5) is 0 Å². The van der Waals surface area contributed by atoms with Gasteiger partial charge in [0.2, 0.25) is 5.91 Å². The predicted octanol–water partition coefficient (Wildman–Crippen LogP) is 0.267. The molecule has 6 heteroatoms. The van der Waals surface area contributed by atoms with Crippen LogP contribution in [0, 0.1) is 5.41 Å². The van der Waals surface area contributed by atoms with Crippen molar-refractivity contribution in [2.75, 3.05) is 6.54 Å². The van der Waals surface area contributed by atoms with Crippen LogP contribution in [0.25, 0.3) is 0 Å². The summed E-state index contributed by atoms with van der Waals surface area (Å²) in [6, 6.07) is 3.81. The summed E-state index contributed by atoms with van der Waals surface area (Å²) < 4.78 is 0. The first-order valence-corrected chi connectivity index (χ1v) is 5.84. The van der Waals surface area contributed by atoms with Crippen LogP contribution in [0.2, 0.25) is 0 Å². The average Bonchev–Trinajstić information content (AvgIpc) is 3.20. The average molecular weight is 248 g/mol. The van der Waals surface area contributed by atoms with E-state index in [1.807, 2.05) is 12.1 Å². The fourth-order valence-electron chi connectivity index (χ4n) is 1.86. The van der Waals surface area contributed by atoms with Gasteiger partial charge in [-0.15, -0.1) is 0 Å². The van der Waals surface area contributed by atoms with Crippen LogP contribution in [0.1, 0.15) is 18.4 Å². The van der Waals surface area contributed by atoms with E-state index in [2.05, 4.69) is 15.5 Å². The first kappa shape index (κ1) is 12.3. The molecular formula is C12H16N4O2. The van der Waals surface area contributed by atoms with Crippen LogP contribution in [0.3, 0.4) is 0 Å². The third-order valence-electron chi connectivity index (χ3n) is 3.20. The Morgan fingerprint density at radius 1 is 1.61 bits per heavy atom. The fourth-order valence-corrected chi connectivity index (χ4v) is 1.86. The van der Waals surface area contributed by atoms with Crippen molar-refractivity contribution >= 4 is 11.7 Å². The Balaban J connectivity index is 1.83. The summed E-state index contributed by atoms with van der Waals surface area (Å²) in [5, 5.41) is 14.4. The molecule has 0 saturated heterocycles. The van der Waals surface area contributed by atoms with Crippen LogP contribution < -0.4 is 11.1 Å². The van der Waals surface area contributed by atoms with Gasteiger partial charge in [0.1, 0.15) is 5.41 Å². The number of nitrogens with zero attached hydrogens (tertiary/aromatic N) is 2. The molecular weight excluding hydrogens is 232 g/mol. The van der Waals surface area contributed by atoms with Crippen molar-refractivity contribution in [2.45, 2.75) is 19.3 Å². The van der Waals surface area contributed by atoms with Crippen molar-refractivity contribution in [1.29, 1.82) is 0 Å². The monoisotopic (exact) mass is 248 g/mol. The molecule has 1 amide bonds. The maximum atomic E-state index is 11.9. The standard InChI is InChI=1S/C12H16N4O2/c13-10(16-18)12(4-5-12)11(17)15-7-3-9-2-1-6-14-8-9/h1-2,6,8,18H,3-5,7H2,(H2,13,16)(H,15,17). The van der Waals surface area contributed by atoms with Gasteiger partial charge in [0.05, 0.1) is 0 Å². The maximum Gasteiger partial charge on any atom is 0.233 e. The summed E-state index contributed by atoms with van der Waals surface area (Å²) in [6.07, 6.45) is 5.47. The summed E-state index contributed by atoms with van der Waals surface area (Å²) in [7, 11) is 0. The van der Waals surface area contributed by atoms with Crippen molar-refractivity contribution in [2.24, 2.45) is 16.3 Å². The minimum Gasteiger partial charge on any atom is -0.409 e. The van der Waals surface area contributed by atoms with Gasteiger partial charge in [0.25, 0.3) is 0 Å². The second-order valence-corrected chi connectivity index (χ2v) is 4.43. The molecule has 0 atom stereocenters. The molecule has 1 aliphatic rings. The molecule has 96 valence electrons. The number of carbonyl (C=O) groups excluding carboxylic acids is 1. The molecule has 1 fully saturated rings. The van der Waals surface area contributed by atoms with Crippen molar-refractivity contribution < 1.29 is 10.0 Å². The number of amides is 1. The van der Waals surface area contributed by atoms with Crippen molar-refractivity contribution in [1.82, 2.24) is 10.3 Å². The van der Waals surface area contributed by atoms with Crippen molar-refractivity contribution in [3.63, 3.8) is 0 Å². The lowest BCUT2D eigenvalue weighted by atomic mass is 10.1. The van der Waals surface area contributed by atoms with Gasteiger partial charge < -0.3 is 16.3 Å². The number of hydrogen-bond donors (Lipinski definition) is 3. The van der Waals surface area contributed by atoms with Gasteiger partial charge in [-0.05, 0) is 30.9 Å². The van der Waals surface area contributed by atoms with E-state index in [9.17, 15) is 4.79 Å². The number of nitrogens with two attached hydrogens (primary N) is 1. The zero-order valence-electron chi connectivity index (χ0n) is 9.97. The fraction of sp³-hybridized carbons (Fsp3) is 0.417. The van der Waals surface area contributed by atoms with E-state index in [0.717, 1.165) is 5.56 Å². The summed E-state index contributed by atoms with van der Waals surface area (Å²) in [6.45, 7) is 0.519. The smallest absolute Gasteiger partial charge is 0.233 e. The highest BCUT2D eigenvalue weighted by atomic mass is 16.4. The van der Waals surface area contributed by atoms with E-state index < -0.39 is 5.41 Å². The van der Waals surface area contributed by atoms with Gasteiger partial charge in [0.15, 0.2) is 5.84 Å². The summed E-state index contributed by atoms with van der Waals surface area (Å²) in [4.78, 5) is 15.9. The number of nitrogens with one attached hydrogen (secondary N) is 1. The Kier molecular flexibility index (Phi) is 3.45. The number of carbonyl (C=O) groups is 1. The second-order valence-electron chi connectivity index (χ2n) is 4.43. The Labute approximate surface area is 105 Å². The van der Waals surface area contributed by atoms with Crippen LogP contribution >= 0.6 is 0 Å². The van der Waals surface area contributed by atoms with E-state index in [1.165, 1.54) is 0 Å². The Morgan fingerprint density at radius 2 is 2.39 bits per heavy atom.